The van der Waals surface area contributed by atoms with Crippen molar-refractivity contribution in [3.05, 3.63) is 12.2 Å². The summed E-state index contributed by atoms with van der Waals surface area (Å²) in [5.74, 6) is 1.82. The first-order valence-electron chi connectivity index (χ1n) is 6.64. The minimum Gasteiger partial charge on any atom is -0.311 e. The maximum absolute atomic E-state index is 3.49. The van der Waals surface area contributed by atoms with Crippen molar-refractivity contribution in [1.82, 2.24) is 5.32 Å². The summed E-state index contributed by atoms with van der Waals surface area (Å²) in [4.78, 5) is 0. The van der Waals surface area contributed by atoms with Crippen LogP contribution in [0.1, 0.15) is 52.9 Å². The van der Waals surface area contributed by atoms with Crippen molar-refractivity contribution in [3.8, 4) is 0 Å². The van der Waals surface area contributed by atoms with Crippen LogP contribution in [0.3, 0.4) is 0 Å². The second-order valence-electron chi connectivity index (χ2n) is 5.15. The van der Waals surface area contributed by atoms with Gasteiger partial charge in [0.05, 0.1) is 0 Å². The smallest absolute Gasteiger partial charge is 0.0221 e. The molecule has 0 saturated heterocycles. The molecule has 88 valence electrons. The van der Waals surface area contributed by atoms with E-state index < -0.39 is 0 Å². The Balaban J connectivity index is 2.19. The fourth-order valence-corrected chi connectivity index (χ4v) is 2.24. The Bertz CT molecular complexity index is 178. The Hall–Kier alpha value is -0.300. The summed E-state index contributed by atoms with van der Waals surface area (Å²) in [7, 11) is 0. The lowest BCUT2D eigenvalue weighted by atomic mass is 9.83. The van der Waals surface area contributed by atoms with Gasteiger partial charge in [-0.15, -0.1) is 0 Å². The van der Waals surface area contributed by atoms with Gasteiger partial charge in [-0.1, -0.05) is 38.8 Å². The lowest BCUT2D eigenvalue weighted by Crippen LogP contribution is -2.24. The Morgan fingerprint density at radius 3 is 2.53 bits per heavy atom. The summed E-state index contributed by atoms with van der Waals surface area (Å²) in [6.07, 6.45) is 11.7. The van der Waals surface area contributed by atoms with E-state index in [4.69, 9.17) is 0 Å². The Labute approximate surface area is 95.3 Å². The van der Waals surface area contributed by atoms with Crippen LogP contribution < -0.4 is 5.32 Å². The van der Waals surface area contributed by atoms with Gasteiger partial charge in [0.25, 0.3) is 0 Å². The van der Waals surface area contributed by atoms with E-state index in [0.29, 0.717) is 6.04 Å². The highest BCUT2D eigenvalue weighted by Gasteiger charge is 2.15. The molecule has 0 aromatic heterocycles. The molecule has 0 aromatic carbocycles. The molecule has 1 heteroatoms. The monoisotopic (exact) mass is 209 g/mol. The number of rotatable bonds is 5. The van der Waals surface area contributed by atoms with Gasteiger partial charge in [0.15, 0.2) is 0 Å². The lowest BCUT2D eigenvalue weighted by Gasteiger charge is -2.24. The Morgan fingerprint density at radius 2 is 1.93 bits per heavy atom. The van der Waals surface area contributed by atoms with Crippen LogP contribution in [0.25, 0.3) is 0 Å². The van der Waals surface area contributed by atoms with Crippen LogP contribution in [-0.4, -0.2) is 12.6 Å². The predicted octanol–water partition coefficient (Wildman–Crippen LogP) is 3.76. The summed E-state index contributed by atoms with van der Waals surface area (Å²) in [6.45, 7) is 7.97. The third kappa shape index (κ3) is 5.36. The lowest BCUT2D eigenvalue weighted by molar-refractivity contribution is 0.330. The van der Waals surface area contributed by atoms with Gasteiger partial charge in [-0.3, -0.25) is 0 Å². The third-order valence-corrected chi connectivity index (χ3v) is 3.45. The molecular weight excluding hydrogens is 182 g/mol. The number of nitrogens with one attached hydrogen (secondary N) is 1. The van der Waals surface area contributed by atoms with Crippen LogP contribution in [0.2, 0.25) is 0 Å². The zero-order chi connectivity index (χ0) is 11.1. The minimum atomic E-state index is 0.546. The molecule has 1 aliphatic rings. The molecule has 0 heterocycles. The zero-order valence-electron chi connectivity index (χ0n) is 10.6. The molecule has 1 unspecified atom stereocenters. The maximum Gasteiger partial charge on any atom is 0.0221 e. The van der Waals surface area contributed by atoms with Gasteiger partial charge in [0, 0.05) is 6.04 Å². The van der Waals surface area contributed by atoms with Crippen molar-refractivity contribution >= 4 is 0 Å². The molecule has 0 spiro atoms. The summed E-state index contributed by atoms with van der Waals surface area (Å²) in [5, 5.41) is 3.49. The largest absolute Gasteiger partial charge is 0.311 e. The van der Waals surface area contributed by atoms with Gasteiger partial charge in [-0.25, -0.2) is 0 Å². The molecule has 1 atom stereocenters. The van der Waals surface area contributed by atoms with Crippen LogP contribution >= 0.6 is 0 Å². The van der Waals surface area contributed by atoms with Crippen molar-refractivity contribution in [2.75, 3.05) is 6.54 Å². The maximum atomic E-state index is 3.49. The fourth-order valence-electron chi connectivity index (χ4n) is 2.24. The van der Waals surface area contributed by atoms with Crippen molar-refractivity contribution in [3.63, 3.8) is 0 Å². The van der Waals surface area contributed by atoms with Crippen LogP contribution in [0, 0.1) is 11.8 Å². The number of hydrogen-bond donors (Lipinski definition) is 1. The molecule has 1 rings (SSSR count). The molecule has 0 aliphatic heterocycles. The molecule has 0 amide bonds. The molecular formula is C14H27N. The van der Waals surface area contributed by atoms with E-state index in [2.05, 4.69) is 38.2 Å². The van der Waals surface area contributed by atoms with E-state index in [-0.39, 0.29) is 0 Å². The van der Waals surface area contributed by atoms with Crippen LogP contribution in [0.15, 0.2) is 12.2 Å². The van der Waals surface area contributed by atoms with Crippen LogP contribution in [-0.2, 0) is 0 Å². The standard InChI is InChI=1S/C14H27N/c1-4-11-15-13(3)7-10-14-8-5-12(2)6-9-14/h7,10,12-15H,4-6,8-9,11H2,1-3H3/b10-7+. The summed E-state index contributed by atoms with van der Waals surface area (Å²) < 4.78 is 0. The second kappa shape index (κ2) is 7.05. The Kier molecular flexibility index (Phi) is 6.00. The molecule has 1 nitrogen and oxygen atoms in total. The highest BCUT2D eigenvalue weighted by atomic mass is 14.9. The molecule has 1 aliphatic carbocycles. The zero-order valence-corrected chi connectivity index (χ0v) is 10.6. The highest BCUT2D eigenvalue weighted by molar-refractivity contribution is 4.96. The van der Waals surface area contributed by atoms with E-state index in [0.717, 1.165) is 18.4 Å². The van der Waals surface area contributed by atoms with E-state index in [1.54, 1.807) is 0 Å². The number of hydrogen-bond acceptors (Lipinski definition) is 1. The van der Waals surface area contributed by atoms with E-state index in [1.165, 1.54) is 32.1 Å². The molecule has 0 bridgehead atoms. The SMILES string of the molecule is CCCNC(C)/C=C/C1CCC(C)CC1. The van der Waals surface area contributed by atoms with Gasteiger partial charge >= 0.3 is 0 Å². The molecule has 0 aromatic rings. The summed E-state index contributed by atoms with van der Waals surface area (Å²) in [5.41, 5.74) is 0. The van der Waals surface area contributed by atoms with Gasteiger partial charge in [0.1, 0.15) is 0 Å². The fraction of sp³-hybridized carbons (Fsp3) is 0.857. The van der Waals surface area contributed by atoms with Crippen molar-refractivity contribution in [2.45, 2.75) is 58.9 Å². The molecule has 1 N–H and O–H groups in total. The topological polar surface area (TPSA) is 12.0 Å². The van der Waals surface area contributed by atoms with Gasteiger partial charge in [-0.05, 0) is 44.6 Å². The first-order chi connectivity index (χ1) is 7.22. The molecule has 1 saturated carbocycles. The van der Waals surface area contributed by atoms with E-state index in [1.807, 2.05) is 0 Å². The summed E-state index contributed by atoms with van der Waals surface area (Å²) in [6, 6.07) is 0.546. The number of allylic oxidation sites excluding steroid dienone is 1. The second-order valence-corrected chi connectivity index (χ2v) is 5.15. The average molecular weight is 209 g/mol. The quantitative estimate of drug-likeness (QED) is 0.680. The predicted molar refractivity (Wildman–Crippen MR) is 68.0 cm³/mol. The van der Waals surface area contributed by atoms with Gasteiger partial charge in [0.2, 0.25) is 0 Å². The molecule has 15 heavy (non-hydrogen) atoms. The van der Waals surface area contributed by atoms with E-state index in [9.17, 15) is 0 Å². The van der Waals surface area contributed by atoms with Crippen molar-refractivity contribution in [2.24, 2.45) is 11.8 Å². The van der Waals surface area contributed by atoms with E-state index >= 15 is 0 Å². The normalized spacial score (nSPS) is 29.5. The summed E-state index contributed by atoms with van der Waals surface area (Å²) >= 11 is 0. The van der Waals surface area contributed by atoms with Crippen LogP contribution in [0.4, 0.5) is 0 Å². The molecule has 0 radical (unpaired) electrons. The van der Waals surface area contributed by atoms with Crippen molar-refractivity contribution < 1.29 is 0 Å². The minimum absolute atomic E-state index is 0.546. The first kappa shape index (κ1) is 12.8. The van der Waals surface area contributed by atoms with Crippen molar-refractivity contribution in [1.29, 1.82) is 0 Å². The Morgan fingerprint density at radius 1 is 1.27 bits per heavy atom. The third-order valence-electron chi connectivity index (χ3n) is 3.45. The van der Waals surface area contributed by atoms with Crippen LogP contribution in [0.5, 0.6) is 0 Å². The first-order valence-corrected chi connectivity index (χ1v) is 6.64. The molecule has 1 fully saturated rings. The highest BCUT2D eigenvalue weighted by Crippen LogP contribution is 2.28. The average Bonchev–Trinajstić information content (AvgIpc) is 2.25. The van der Waals surface area contributed by atoms with Gasteiger partial charge in [-0.2, -0.15) is 0 Å². The van der Waals surface area contributed by atoms with Gasteiger partial charge < -0.3 is 5.32 Å².